The quantitative estimate of drug-likeness (QED) is 0.358. The molecule has 0 aromatic rings. The van der Waals surface area contributed by atoms with Crippen molar-refractivity contribution in [1.82, 2.24) is 0 Å². The Hall–Kier alpha value is 0.800. The molecule has 0 heterocycles. The molecule has 0 fully saturated rings. The predicted molar refractivity (Wildman–Crippen MR) is 90.7 cm³/mol. The van der Waals surface area contributed by atoms with E-state index < -0.39 is 5.69 Å². The monoisotopic (exact) mass is 349 g/mol. The molecular weight excluding hydrogens is 313 g/mol. The Bertz CT molecular complexity index is 156. The second kappa shape index (κ2) is 28.0. The van der Waals surface area contributed by atoms with E-state index in [-0.39, 0.29) is 0 Å². The Morgan fingerprint density at radius 1 is 0.700 bits per heavy atom. The average Bonchev–Trinajstić information content (AvgIpc) is 2.31. The molecule has 0 aromatic carbocycles. The highest BCUT2D eigenvalue weighted by atomic mass is 32.9. The van der Waals surface area contributed by atoms with Crippen molar-refractivity contribution in [3.05, 3.63) is 0 Å². The lowest BCUT2D eigenvalue weighted by Gasteiger charge is -2.44. The second-order valence-electron chi connectivity index (χ2n) is 3.76. The Balaban J connectivity index is -0.0000000853. The minimum absolute atomic E-state index is 1.22. The maximum atomic E-state index is 9.29. The first-order chi connectivity index (χ1) is 9.24. The van der Waals surface area contributed by atoms with Crippen molar-refractivity contribution in [2.75, 3.05) is 39.3 Å². The summed E-state index contributed by atoms with van der Waals surface area (Å²) >= 11 is 7.28. The van der Waals surface area contributed by atoms with Crippen LogP contribution in [0.4, 0.5) is 0 Å². The van der Waals surface area contributed by atoms with E-state index in [0.717, 1.165) is 0 Å². The molecule has 5 nitrogen and oxygen atoms in total. The van der Waals surface area contributed by atoms with Crippen LogP contribution in [0.15, 0.2) is 0 Å². The maximum absolute atomic E-state index is 9.29. The summed E-state index contributed by atoms with van der Waals surface area (Å²) in [6.45, 7) is 20.2. The molecule has 0 atom stereocenters. The van der Waals surface area contributed by atoms with Gasteiger partial charge >= 0.3 is 0 Å². The van der Waals surface area contributed by atoms with Crippen LogP contribution in [0.25, 0.3) is 0 Å². The van der Waals surface area contributed by atoms with Gasteiger partial charge in [-0.1, -0.05) is 0 Å². The van der Waals surface area contributed by atoms with Crippen molar-refractivity contribution in [3.63, 3.8) is 0 Å². The van der Waals surface area contributed by atoms with E-state index in [9.17, 15) is 9.79 Å². The summed E-state index contributed by atoms with van der Waals surface area (Å²) in [6, 6.07) is 0. The van der Waals surface area contributed by atoms with Crippen molar-refractivity contribution >= 4 is 29.7 Å². The van der Waals surface area contributed by atoms with Crippen molar-refractivity contribution in [3.8, 4) is 0 Å². The molecule has 0 aliphatic rings. The van der Waals surface area contributed by atoms with Crippen LogP contribution in [0.5, 0.6) is 0 Å². The van der Waals surface area contributed by atoms with Gasteiger partial charge in [-0.2, -0.15) is 11.8 Å². The van der Waals surface area contributed by atoms with Gasteiger partial charge in [-0.3, -0.25) is 0 Å². The molecule has 8 heteroatoms. The minimum atomic E-state index is -3.72. The SMILES string of the molecule is CC[NH2+]CC.CC[NH2+]CC.CC[NH2+]CC.[O-]P([O-])(=S)[S-]. The van der Waals surface area contributed by atoms with Crippen LogP contribution in [0.3, 0.4) is 0 Å². The summed E-state index contributed by atoms with van der Waals surface area (Å²) < 4.78 is 0. The molecule has 0 unspecified atom stereocenters. The molecule has 0 aliphatic heterocycles. The van der Waals surface area contributed by atoms with E-state index in [4.69, 9.17) is 0 Å². The molecule has 0 saturated carbocycles. The summed E-state index contributed by atoms with van der Waals surface area (Å²) in [5.41, 5.74) is -3.72. The molecule has 0 spiro atoms. The summed E-state index contributed by atoms with van der Waals surface area (Å²) in [5.74, 6) is 0. The third-order valence-corrected chi connectivity index (χ3v) is 1.73. The van der Waals surface area contributed by atoms with Crippen LogP contribution in [0.2, 0.25) is 0 Å². The number of rotatable bonds is 6. The topological polar surface area (TPSA) is 96.0 Å². The van der Waals surface area contributed by atoms with Gasteiger partial charge in [0.1, 0.15) is 0 Å². The molecule has 20 heavy (non-hydrogen) atoms. The summed E-state index contributed by atoms with van der Waals surface area (Å²) in [5, 5.41) is 6.75. The smallest absolute Gasteiger partial charge is 0.0726 e. The second-order valence-corrected chi connectivity index (χ2v) is 8.23. The van der Waals surface area contributed by atoms with E-state index in [0.29, 0.717) is 0 Å². The van der Waals surface area contributed by atoms with Gasteiger partial charge in [-0.05, 0) is 41.5 Å². The van der Waals surface area contributed by atoms with E-state index >= 15 is 0 Å². The van der Waals surface area contributed by atoms with Gasteiger partial charge in [0.05, 0.1) is 39.3 Å². The van der Waals surface area contributed by atoms with E-state index in [1.165, 1.54) is 39.3 Å². The number of nitrogens with two attached hydrogens (primary N) is 3. The van der Waals surface area contributed by atoms with Crippen molar-refractivity contribution in [2.24, 2.45) is 0 Å². The molecule has 0 radical (unpaired) electrons. The standard InChI is InChI=1S/3C4H11N.H3O2PS2/c3*1-3-5-4-2;1-3(2,4)5/h3*5H,3-4H2,1-2H3;(H3,1,2,4,5). The highest BCUT2D eigenvalue weighted by Crippen LogP contribution is 2.16. The fourth-order valence-corrected chi connectivity index (χ4v) is 0.866. The lowest BCUT2D eigenvalue weighted by molar-refractivity contribution is -0.648. The molecule has 0 aromatic heterocycles. The number of hydrogen-bond acceptors (Lipinski definition) is 4. The zero-order valence-corrected chi connectivity index (χ0v) is 16.6. The maximum Gasteiger partial charge on any atom is 0.0726 e. The zero-order valence-electron chi connectivity index (χ0n) is 14.1. The average molecular weight is 350 g/mol. The highest BCUT2D eigenvalue weighted by Gasteiger charge is 1.68. The first-order valence-corrected chi connectivity index (χ1v) is 11.1. The van der Waals surface area contributed by atoms with Crippen LogP contribution < -0.4 is 25.7 Å². The largest absolute Gasteiger partial charge is 0.850 e. The first kappa shape index (κ1) is 28.9. The normalized spacial score (nSPS) is 9.25. The molecular formula is C12H36N3O2PS2. The Morgan fingerprint density at radius 2 is 0.800 bits per heavy atom. The van der Waals surface area contributed by atoms with E-state index in [1.807, 2.05) is 0 Å². The van der Waals surface area contributed by atoms with E-state index in [1.54, 1.807) is 0 Å². The van der Waals surface area contributed by atoms with E-state index in [2.05, 4.69) is 81.5 Å². The van der Waals surface area contributed by atoms with Crippen LogP contribution in [-0.4, -0.2) is 39.3 Å². The molecule has 0 bridgehead atoms. The molecule has 128 valence electrons. The molecule has 0 amide bonds. The summed E-state index contributed by atoms with van der Waals surface area (Å²) in [6.07, 6.45) is 0. The highest BCUT2D eigenvalue weighted by molar-refractivity contribution is 8.49. The Morgan fingerprint density at radius 3 is 0.800 bits per heavy atom. The third-order valence-electron chi connectivity index (χ3n) is 1.73. The van der Waals surface area contributed by atoms with Gasteiger partial charge in [0.25, 0.3) is 0 Å². The first-order valence-electron chi connectivity index (χ1n) is 7.42. The summed E-state index contributed by atoms with van der Waals surface area (Å²) in [4.78, 5) is 18.6. The van der Waals surface area contributed by atoms with Crippen LogP contribution in [0, 0.1) is 0 Å². The predicted octanol–water partition coefficient (Wildman–Crippen LogP) is -2.75. The fourth-order valence-electron chi connectivity index (χ4n) is 0.866. The van der Waals surface area contributed by atoms with Gasteiger partial charge in [-0.15, -0.1) is 0 Å². The van der Waals surface area contributed by atoms with Crippen molar-refractivity contribution < 1.29 is 25.7 Å². The van der Waals surface area contributed by atoms with Gasteiger partial charge in [0.2, 0.25) is 0 Å². The van der Waals surface area contributed by atoms with Crippen LogP contribution in [-0.2, 0) is 24.1 Å². The van der Waals surface area contributed by atoms with Crippen LogP contribution in [0.1, 0.15) is 41.5 Å². The Kier molecular flexibility index (Phi) is 40.5. The lowest BCUT2D eigenvalue weighted by Crippen LogP contribution is -2.82. The van der Waals surface area contributed by atoms with Gasteiger partial charge < -0.3 is 43.7 Å². The summed E-state index contributed by atoms with van der Waals surface area (Å²) in [7, 11) is 0. The van der Waals surface area contributed by atoms with Gasteiger partial charge in [0.15, 0.2) is 0 Å². The zero-order chi connectivity index (χ0) is 16.9. The van der Waals surface area contributed by atoms with Gasteiger partial charge in [0, 0.05) is 0 Å². The minimum Gasteiger partial charge on any atom is -0.850 e. The van der Waals surface area contributed by atoms with Gasteiger partial charge in [-0.25, -0.2) is 0 Å². The number of hydrogen-bond donors (Lipinski definition) is 3. The Labute approximate surface area is 136 Å². The van der Waals surface area contributed by atoms with Crippen molar-refractivity contribution in [1.29, 1.82) is 0 Å². The molecule has 0 aliphatic carbocycles. The van der Waals surface area contributed by atoms with Crippen molar-refractivity contribution in [2.45, 2.75) is 41.5 Å². The molecule has 0 saturated heterocycles. The van der Waals surface area contributed by atoms with Crippen LogP contribution >= 0.6 is 5.69 Å². The molecule has 6 N–H and O–H groups in total. The molecule has 0 rings (SSSR count). The fraction of sp³-hybridized carbons (Fsp3) is 1.00. The lowest BCUT2D eigenvalue weighted by atomic mass is 10.7. The number of quaternary nitrogens is 3. The third kappa shape index (κ3) is 129.